The van der Waals surface area contributed by atoms with Crippen LogP contribution in [0.4, 0.5) is 10.5 Å². The van der Waals surface area contributed by atoms with Crippen LogP contribution in [0.25, 0.3) is 0 Å². The van der Waals surface area contributed by atoms with Gasteiger partial charge in [-0.2, -0.15) is 0 Å². The van der Waals surface area contributed by atoms with Crippen molar-refractivity contribution < 1.29 is 14.3 Å². The number of urea groups is 1. The Labute approximate surface area is 79.8 Å². The summed E-state index contributed by atoms with van der Waals surface area (Å²) >= 11 is 0. The molecule has 1 heterocycles. The normalized spacial score (nSPS) is 13.3. The fourth-order valence-electron chi connectivity index (χ4n) is 1.33. The van der Waals surface area contributed by atoms with Crippen molar-refractivity contribution in [3.63, 3.8) is 0 Å². The number of ether oxygens (including phenoxy) is 1. The van der Waals surface area contributed by atoms with Crippen LogP contribution in [-0.4, -0.2) is 12.0 Å². The second-order valence-corrected chi connectivity index (χ2v) is 2.96. The number of nitrogens with two attached hydrogens (primary N) is 1. The molecule has 0 saturated heterocycles. The third-order valence-electron chi connectivity index (χ3n) is 1.89. The maximum Gasteiger partial charge on any atom is 0.316 e. The number of hydrogen-bond donors (Lipinski definition) is 2. The number of carbonyl (C=O) groups excluding carboxylic acids is 2. The van der Waals surface area contributed by atoms with Gasteiger partial charge in [-0.25, -0.2) is 4.79 Å². The van der Waals surface area contributed by atoms with Crippen molar-refractivity contribution in [2.75, 3.05) is 5.32 Å². The Hall–Kier alpha value is -2.04. The van der Waals surface area contributed by atoms with Crippen molar-refractivity contribution in [1.82, 2.24) is 0 Å². The highest BCUT2D eigenvalue weighted by Crippen LogP contribution is 2.28. The van der Waals surface area contributed by atoms with E-state index in [1.165, 1.54) is 0 Å². The largest absolute Gasteiger partial charge is 0.426 e. The molecular weight excluding hydrogens is 184 g/mol. The van der Waals surface area contributed by atoms with Crippen LogP contribution in [0, 0.1) is 0 Å². The molecule has 2 rings (SSSR count). The van der Waals surface area contributed by atoms with E-state index in [9.17, 15) is 9.59 Å². The van der Waals surface area contributed by atoms with Crippen LogP contribution >= 0.6 is 0 Å². The van der Waals surface area contributed by atoms with Gasteiger partial charge in [-0.05, 0) is 6.07 Å². The highest BCUT2D eigenvalue weighted by molar-refractivity contribution is 5.89. The van der Waals surface area contributed by atoms with Crippen molar-refractivity contribution in [2.24, 2.45) is 5.73 Å². The molecule has 0 radical (unpaired) electrons. The van der Waals surface area contributed by atoms with Gasteiger partial charge in [0, 0.05) is 17.3 Å². The summed E-state index contributed by atoms with van der Waals surface area (Å²) in [6.45, 7) is 0. The lowest BCUT2D eigenvalue weighted by atomic mass is 10.1. The molecule has 14 heavy (non-hydrogen) atoms. The molecule has 0 saturated carbocycles. The monoisotopic (exact) mass is 192 g/mol. The molecule has 3 N–H and O–H groups in total. The minimum atomic E-state index is -0.644. The Bertz CT molecular complexity index is 415. The zero-order valence-corrected chi connectivity index (χ0v) is 7.24. The number of rotatable bonds is 1. The topological polar surface area (TPSA) is 81.4 Å². The molecule has 0 aliphatic carbocycles. The molecule has 1 aromatic carbocycles. The van der Waals surface area contributed by atoms with Crippen LogP contribution in [-0.2, 0) is 11.2 Å². The average molecular weight is 192 g/mol. The fourth-order valence-corrected chi connectivity index (χ4v) is 1.33. The van der Waals surface area contributed by atoms with E-state index < -0.39 is 6.03 Å². The van der Waals surface area contributed by atoms with E-state index in [1.54, 1.807) is 18.2 Å². The fraction of sp³-hybridized carbons (Fsp3) is 0.111. The highest BCUT2D eigenvalue weighted by Gasteiger charge is 2.20. The van der Waals surface area contributed by atoms with Gasteiger partial charge in [-0.1, -0.05) is 6.07 Å². The zero-order valence-electron chi connectivity index (χ0n) is 7.24. The van der Waals surface area contributed by atoms with E-state index in [-0.39, 0.29) is 12.4 Å². The number of esters is 1. The van der Waals surface area contributed by atoms with Gasteiger partial charge in [0.25, 0.3) is 0 Å². The lowest BCUT2D eigenvalue weighted by Crippen LogP contribution is -2.19. The maximum absolute atomic E-state index is 10.9. The molecule has 0 spiro atoms. The van der Waals surface area contributed by atoms with E-state index in [0.29, 0.717) is 11.4 Å². The van der Waals surface area contributed by atoms with Crippen LogP contribution in [0.15, 0.2) is 18.2 Å². The first kappa shape index (κ1) is 8.55. The third-order valence-corrected chi connectivity index (χ3v) is 1.89. The summed E-state index contributed by atoms with van der Waals surface area (Å²) < 4.78 is 4.90. The van der Waals surface area contributed by atoms with Crippen LogP contribution in [0.1, 0.15) is 5.56 Å². The first-order chi connectivity index (χ1) is 6.65. The molecule has 1 aliphatic heterocycles. The van der Waals surface area contributed by atoms with Crippen molar-refractivity contribution in [1.29, 1.82) is 0 Å². The van der Waals surface area contributed by atoms with E-state index in [0.717, 1.165) is 5.56 Å². The van der Waals surface area contributed by atoms with E-state index in [1.807, 2.05) is 0 Å². The van der Waals surface area contributed by atoms with Crippen molar-refractivity contribution >= 4 is 17.7 Å². The molecular formula is C9H8N2O3. The van der Waals surface area contributed by atoms with Gasteiger partial charge in [0.05, 0.1) is 6.42 Å². The summed E-state index contributed by atoms with van der Waals surface area (Å²) in [4.78, 5) is 21.4. The smallest absolute Gasteiger partial charge is 0.316 e. The molecule has 2 amide bonds. The number of amides is 2. The van der Waals surface area contributed by atoms with Gasteiger partial charge >= 0.3 is 12.0 Å². The molecule has 1 aliphatic rings. The molecule has 5 nitrogen and oxygen atoms in total. The molecule has 0 bridgehead atoms. The quantitative estimate of drug-likeness (QED) is 0.506. The number of carbonyl (C=O) groups is 2. The molecule has 1 aromatic rings. The van der Waals surface area contributed by atoms with Gasteiger partial charge in [-0.15, -0.1) is 0 Å². The summed E-state index contributed by atoms with van der Waals surface area (Å²) in [6.07, 6.45) is 0.284. The highest BCUT2D eigenvalue weighted by atomic mass is 16.5. The van der Waals surface area contributed by atoms with Crippen molar-refractivity contribution in [3.8, 4) is 5.75 Å². The lowest BCUT2D eigenvalue weighted by Gasteiger charge is -2.02. The summed E-state index contributed by atoms with van der Waals surface area (Å²) in [7, 11) is 0. The van der Waals surface area contributed by atoms with Crippen LogP contribution < -0.4 is 15.8 Å². The Morgan fingerprint density at radius 3 is 3.00 bits per heavy atom. The second kappa shape index (κ2) is 3.02. The first-order valence-electron chi connectivity index (χ1n) is 4.05. The van der Waals surface area contributed by atoms with Gasteiger partial charge in [0.2, 0.25) is 0 Å². The van der Waals surface area contributed by atoms with Gasteiger partial charge in [0.15, 0.2) is 0 Å². The number of benzene rings is 1. The predicted molar refractivity (Wildman–Crippen MR) is 49.0 cm³/mol. The van der Waals surface area contributed by atoms with Crippen LogP contribution in [0.3, 0.4) is 0 Å². The predicted octanol–water partition coefficient (Wildman–Crippen LogP) is 0.639. The first-order valence-corrected chi connectivity index (χ1v) is 4.05. The summed E-state index contributed by atoms with van der Waals surface area (Å²) in [5.41, 5.74) is 6.28. The van der Waals surface area contributed by atoms with Gasteiger partial charge in [-0.3, -0.25) is 4.79 Å². The number of anilines is 1. The summed E-state index contributed by atoms with van der Waals surface area (Å²) in [6, 6.07) is 4.33. The second-order valence-electron chi connectivity index (χ2n) is 2.96. The Balaban J connectivity index is 2.28. The SMILES string of the molecule is NC(=O)Nc1ccc2c(c1)OC(=O)C2. The van der Waals surface area contributed by atoms with Crippen molar-refractivity contribution in [2.45, 2.75) is 6.42 Å². The van der Waals surface area contributed by atoms with E-state index in [2.05, 4.69) is 5.32 Å². The minimum absolute atomic E-state index is 0.281. The number of nitrogens with one attached hydrogen (secondary N) is 1. The molecule has 0 aromatic heterocycles. The molecule has 72 valence electrons. The van der Waals surface area contributed by atoms with E-state index >= 15 is 0 Å². The number of primary amides is 1. The maximum atomic E-state index is 10.9. The number of fused-ring (bicyclic) bond motifs is 1. The summed E-state index contributed by atoms with van der Waals surface area (Å²) in [5, 5.41) is 2.40. The third kappa shape index (κ3) is 1.52. The minimum Gasteiger partial charge on any atom is -0.426 e. The van der Waals surface area contributed by atoms with E-state index in [4.69, 9.17) is 10.5 Å². The molecule has 0 atom stereocenters. The summed E-state index contributed by atoms with van der Waals surface area (Å²) in [5.74, 6) is 0.206. The number of hydrogen-bond acceptors (Lipinski definition) is 3. The standard InChI is InChI=1S/C9H8N2O3/c10-9(13)11-6-2-1-5-3-8(12)14-7(5)4-6/h1-2,4H,3H2,(H3,10,11,13). The Morgan fingerprint density at radius 2 is 2.29 bits per heavy atom. The average Bonchev–Trinajstić information content (AvgIpc) is 2.42. The van der Waals surface area contributed by atoms with Gasteiger partial charge < -0.3 is 15.8 Å². The molecule has 0 fully saturated rings. The zero-order chi connectivity index (χ0) is 10.1. The molecule has 0 unspecified atom stereocenters. The van der Waals surface area contributed by atoms with Crippen molar-refractivity contribution in [3.05, 3.63) is 23.8 Å². The van der Waals surface area contributed by atoms with Crippen LogP contribution in [0.5, 0.6) is 5.75 Å². The molecule has 5 heteroatoms. The lowest BCUT2D eigenvalue weighted by molar-refractivity contribution is -0.131. The van der Waals surface area contributed by atoms with Gasteiger partial charge in [0.1, 0.15) is 5.75 Å². The Morgan fingerprint density at radius 1 is 1.50 bits per heavy atom. The Kier molecular flexibility index (Phi) is 1.85. The van der Waals surface area contributed by atoms with Crippen LogP contribution in [0.2, 0.25) is 0 Å².